The summed E-state index contributed by atoms with van der Waals surface area (Å²) in [6.45, 7) is 8.35. The number of carbonyl (C=O) groups is 2. The molecule has 0 unspecified atom stereocenters. The number of thioether (sulfide) groups is 1. The number of nitrogens with zero attached hydrogens (tertiary/aromatic N) is 4. The van der Waals surface area contributed by atoms with Gasteiger partial charge < -0.3 is 14.8 Å². The molecule has 2 aromatic rings. The molecule has 2 heterocycles. The van der Waals surface area contributed by atoms with Gasteiger partial charge in [0.05, 0.1) is 12.3 Å². The monoisotopic (exact) mass is 443 g/mol. The standard InChI is InChI=1S/C23H33N5O2S/c1-4-17(3)18-10-12-19(13-11-18)24-21(29)16-31-23-26-25-20(28(23)5-2)15-27-14-8-6-7-9-22(27)30/h10-13,17H,4-9,14-16H2,1-3H3,(H,24,29)/t17-/m1/s1. The molecule has 3 rings (SSSR count). The van der Waals surface area contributed by atoms with E-state index in [0.717, 1.165) is 43.7 Å². The van der Waals surface area contributed by atoms with E-state index in [4.69, 9.17) is 0 Å². The topological polar surface area (TPSA) is 80.1 Å². The molecule has 1 fully saturated rings. The van der Waals surface area contributed by atoms with Crippen LogP contribution >= 0.6 is 11.8 Å². The van der Waals surface area contributed by atoms with Gasteiger partial charge in [-0.1, -0.05) is 44.2 Å². The lowest BCUT2D eigenvalue weighted by Gasteiger charge is -2.20. The molecule has 0 aliphatic carbocycles. The minimum atomic E-state index is -0.0730. The van der Waals surface area contributed by atoms with Crippen LogP contribution in [-0.4, -0.2) is 43.8 Å². The largest absolute Gasteiger partial charge is 0.335 e. The number of likely N-dealkylation sites (tertiary alicyclic amines) is 1. The molecule has 0 spiro atoms. The smallest absolute Gasteiger partial charge is 0.234 e. The van der Waals surface area contributed by atoms with Crippen molar-refractivity contribution in [2.24, 2.45) is 0 Å². The zero-order chi connectivity index (χ0) is 22.2. The number of hydrogen-bond donors (Lipinski definition) is 1. The first-order chi connectivity index (χ1) is 15.0. The summed E-state index contributed by atoms with van der Waals surface area (Å²) in [5.41, 5.74) is 2.08. The summed E-state index contributed by atoms with van der Waals surface area (Å²) in [7, 11) is 0. The molecule has 1 N–H and O–H groups in total. The second kappa shape index (κ2) is 11.3. The second-order valence-electron chi connectivity index (χ2n) is 8.04. The van der Waals surface area contributed by atoms with Crippen molar-refractivity contribution in [2.75, 3.05) is 17.6 Å². The first kappa shape index (κ1) is 23.3. The predicted octanol–water partition coefficient (Wildman–Crippen LogP) is 4.44. The molecule has 168 valence electrons. The summed E-state index contributed by atoms with van der Waals surface area (Å²) >= 11 is 1.37. The average Bonchev–Trinajstić information content (AvgIpc) is 3.05. The number of carbonyl (C=O) groups excluding carboxylic acids is 2. The molecule has 1 saturated heterocycles. The minimum absolute atomic E-state index is 0.0730. The number of aromatic nitrogens is 3. The van der Waals surface area contributed by atoms with Crippen molar-refractivity contribution >= 4 is 29.3 Å². The summed E-state index contributed by atoms with van der Waals surface area (Å²) < 4.78 is 2.00. The summed E-state index contributed by atoms with van der Waals surface area (Å²) in [5, 5.41) is 12.2. The van der Waals surface area contributed by atoms with Crippen LogP contribution < -0.4 is 5.32 Å². The van der Waals surface area contributed by atoms with E-state index in [9.17, 15) is 9.59 Å². The molecule has 0 saturated carbocycles. The second-order valence-corrected chi connectivity index (χ2v) is 8.98. The fourth-order valence-corrected chi connectivity index (χ4v) is 4.52. The van der Waals surface area contributed by atoms with E-state index in [0.29, 0.717) is 30.6 Å². The van der Waals surface area contributed by atoms with Crippen molar-refractivity contribution in [1.82, 2.24) is 19.7 Å². The third kappa shape index (κ3) is 6.32. The first-order valence-corrected chi connectivity index (χ1v) is 12.2. The third-order valence-corrected chi connectivity index (χ3v) is 6.79. The number of benzene rings is 1. The molecule has 1 aromatic heterocycles. The van der Waals surface area contributed by atoms with Crippen LogP contribution in [0.3, 0.4) is 0 Å². The zero-order valence-corrected chi connectivity index (χ0v) is 19.6. The Balaban J connectivity index is 1.56. The molecule has 1 aliphatic rings. The van der Waals surface area contributed by atoms with Crippen LogP contribution in [0.2, 0.25) is 0 Å². The Labute approximate surface area is 189 Å². The van der Waals surface area contributed by atoms with Crippen LogP contribution in [0.4, 0.5) is 5.69 Å². The van der Waals surface area contributed by atoms with Gasteiger partial charge >= 0.3 is 0 Å². The molecule has 1 atom stereocenters. The SMILES string of the molecule is CC[C@@H](C)c1ccc(NC(=O)CSc2nnc(CN3CCCCCC3=O)n2CC)cc1. The fraction of sp³-hybridized carbons (Fsp3) is 0.565. The highest BCUT2D eigenvalue weighted by atomic mass is 32.2. The van der Waals surface area contributed by atoms with Crippen molar-refractivity contribution in [1.29, 1.82) is 0 Å². The maximum atomic E-state index is 12.4. The highest BCUT2D eigenvalue weighted by Gasteiger charge is 2.21. The van der Waals surface area contributed by atoms with Crippen LogP contribution in [-0.2, 0) is 22.7 Å². The van der Waals surface area contributed by atoms with Crippen LogP contribution in [0, 0.1) is 0 Å². The molecule has 0 bridgehead atoms. The zero-order valence-electron chi connectivity index (χ0n) is 18.8. The van der Waals surface area contributed by atoms with E-state index in [1.54, 1.807) is 0 Å². The van der Waals surface area contributed by atoms with Gasteiger partial charge in [-0.2, -0.15) is 0 Å². The van der Waals surface area contributed by atoms with E-state index in [2.05, 4.69) is 41.5 Å². The Hall–Kier alpha value is -2.35. The van der Waals surface area contributed by atoms with Crippen molar-refractivity contribution in [3.05, 3.63) is 35.7 Å². The number of anilines is 1. The molecule has 8 heteroatoms. The quantitative estimate of drug-likeness (QED) is 0.580. The van der Waals surface area contributed by atoms with E-state index in [1.807, 2.05) is 28.5 Å². The van der Waals surface area contributed by atoms with Crippen LogP contribution in [0.1, 0.15) is 70.2 Å². The normalized spacial score (nSPS) is 15.6. The van der Waals surface area contributed by atoms with Crippen molar-refractivity contribution in [2.45, 2.75) is 77.0 Å². The summed E-state index contributed by atoms with van der Waals surface area (Å²) in [6.07, 6.45) is 4.80. The molecule has 7 nitrogen and oxygen atoms in total. The van der Waals surface area contributed by atoms with Gasteiger partial charge in [0.1, 0.15) is 0 Å². The van der Waals surface area contributed by atoms with Gasteiger partial charge in [-0.3, -0.25) is 9.59 Å². The summed E-state index contributed by atoms with van der Waals surface area (Å²) in [6, 6.07) is 8.05. The maximum Gasteiger partial charge on any atom is 0.234 e. The van der Waals surface area contributed by atoms with Gasteiger partial charge in [-0.05, 0) is 49.8 Å². The third-order valence-electron chi connectivity index (χ3n) is 5.82. The highest BCUT2D eigenvalue weighted by Crippen LogP contribution is 2.22. The predicted molar refractivity (Wildman–Crippen MR) is 124 cm³/mol. The van der Waals surface area contributed by atoms with Gasteiger partial charge in [0.2, 0.25) is 11.8 Å². The maximum absolute atomic E-state index is 12.4. The van der Waals surface area contributed by atoms with Gasteiger partial charge in [0.25, 0.3) is 0 Å². The van der Waals surface area contributed by atoms with E-state index >= 15 is 0 Å². The lowest BCUT2D eigenvalue weighted by Crippen LogP contribution is -2.31. The number of nitrogens with one attached hydrogen (secondary N) is 1. The summed E-state index contributed by atoms with van der Waals surface area (Å²) in [4.78, 5) is 26.6. The van der Waals surface area contributed by atoms with Crippen molar-refractivity contribution in [3.63, 3.8) is 0 Å². The Morgan fingerprint density at radius 2 is 1.94 bits per heavy atom. The number of rotatable bonds is 9. The lowest BCUT2D eigenvalue weighted by atomic mass is 9.99. The fourth-order valence-electron chi connectivity index (χ4n) is 3.69. The lowest BCUT2D eigenvalue weighted by molar-refractivity contribution is -0.131. The number of amides is 2. The van der Waals surface area contributed by atoms with Crippen LogP contribution in [0.25, 0.3) is 0 Å². The Bertz CT molecular complexity index is 881. The van der Waals surface area contributed by atoms with Crippen LogP contribution in [0.5, 0.6) is 0 Å². The first-order valence-electron chi connectivity index (χ1n) is 11.2. The van der Waals surface area contributed by atoms with Crippen molar-refractivity contribution in [3.8, 4) is 0 Å². The Morgan fingerprint density at radius 3 is 2.65 bits per heavy atom. The summed E-state index contributed by atoms with van der Waals surface area (Å²) in [5.74, 6) is 1.67. The number of hydrogen-bond acceptors (Lipinski definition) is 5. The Kier molecular flexibility index (Phi) is 8.51. The average molecular weight is 444 g/mol. The molecule has 1 aliphatic heterocycles. The van der Waals surface area contributed by atoms with Gasteiger partial charge in [0.15, 0.2) is 11.0 Å². The molecular weight excluding hydrogens is 410 g/mol. The van der Waals surface area contributed by atoms with E-state index < -0.39 is 0 Å². The molecule has 2 amide bonds. The van der Waals surface area contributed by atoms with Crippen LogP contribution in [0.15, 0.2) is 29.4 Å². The molecule has 0 radical (unpaired) electrons. The molecular formula is C23H33N5O2S. The van der Waals surface area contributed by atoms with E-state index in [1.165, 1.54) is 17.3 Å². The molecule has 31 heavy (non-hydrogen) atoms. The van der Waals surface area contributed by atoms with Crippen molar-refractivity contribution < 1.29 is 9.59 Å². The highest BCUT2D eigenvalue weighted by molar-refractivity contribution is 7.99. The van der Waals surface area contributed by atoms with E-state index in [-0.39, 0.29) is 17.6 Å². The van der Waals surface area contributed by atoms with Gasteiger partial charge in [-0.15, -0.1) is 10.2 Å². The Morgan fingerprint density at radius 1 is 1.16 bits per heavy atom. The minimum Gasteiger partial charge on any atom is -0.335 e. The van der Waals surface area contributed by atoms with Gasteiger partial charge in [0, 0.05) is 25.2 Å². The van der Waals surface area contributed by atoms with Gasteiger partial charge in [-0.25, -0.2) is 0 Å². The molecule has 1 aromatic carbocycles.